The number of hydrogen-bond donors (Lipinski definition) is 0. The van der Waals surface area contributed by atoms with E-state index in [1.165, 1.54) is 30.8 Å². The molecule has 0 fully saturated rings. The van der Waals surface area contributed by atoms with Crippen molar-refractivity contribution in [1.29, 1.82) is 0 Å². The lowest BCUT2D eigenvalue weighted by atomic mass is 10.1. The number of rotatable bonds is 5. The molecule has 0 spiro atoms. The van der Waals surface area contributed by atoms with E-state index in [4.69, 9.17) is 4.74 Å². The van der Waals surface area contributed by atoms with Crippen LogP contribution < -0.4 is 4.74 Å². The van der Waals surface area contributed by atoms with Gasteiger partial charge in [-0.25, -0.2) is 0 Å². The molecular weight excluding hydrogens is 290 g/mol. The van der Waals surface area contributed by atoms with Crippen LogP contribution in [-0.4, -0.2) is 17.8 Å². The van der Waals surface area contributed by atoms with Crippen molar-refractivity contribution < 1.29 is 14.5 Å². The van der Waals surface area contributed by atoms with Gasteiger partial charge < -0.3 is 4.74 Å². The van der Waals surface area contributed by atoms with Gasteiger partial charge in [-0.05, 0) is 43.3 Å². The molecule has 2 rings (SSSR count). The number of ketones is 1. The Morgan fingerprint density at radius 1 is 1.14 bits per heavy atom. The molecule has 0 aromatic heterocycles. The molecule has 0 aliphatic rings. The summed E-state index contributed by atoms with van der Waals surface area (Å²) in [5, 5.41) is 11.0. The first kappa shape index (κ1) is 15.1. The maximum absolute atomic E-state index is 11.4. The summed E-state index contributed by atoms with van der Waals surface area (Å²) >= 11 is 1.39. The third kappa shape index (κ3) is 3.61. The standard InChI is InChI=1S/C15H13NO4S/c1-10(17)14-8-7-13(9-15(14)16(18)19)21-12-5-3-11(20-2)4-6-12/h3-9H,1-2H3. The highest BCUT2D eigenvalue weighted by molar-refractivity contribution is 7.99. The van der Waals surface area contributed by atoms with Crippen LogP contribution in [0, 0.1) is 10.1 Å². The second kappa shape index (κ2) is 6.41. The predicted molar refractivity (Wildman–Crippen MR) is 80.2 cm³/mol. The van der Waals surface area contributed by atoms with Crippen LogP contribution in [0.5, 0.6) is 5.75 Å². The summed E-state index contributed by atoms with van der Waals surface area (Å²) in [5.74, 6) is 0.431. The van der Waals surface area contributed by atoms with Crippen molar-refractivity contribution in [3.05, 3.63) is 58.1 Å². The number of nitro groups is 1. The van der Waals surface area contributed by atoms with Crippen molar-refractivity contribution in [2.45, 2.75) is 16.7 Å². The quantitative estimate of drug-likeness (QED) is 0.475. The number of nitro benzene ring substituents is 1. The molecule has 21 heavy (non-hydrogen) atoms. The van der Waals surface area contributed by atoms with Crippen LogP contribution in [0.2, 0.25) is 0 Å². The maximum Gasteiger partial charge on any atom is 0.281 e. The summed E-state index contributed by atoms with van der Waals surface area (Å²) in [4.78, 5) is 23.5. The van der Waals surface area contributed by atoms with Crippen LogP contribution in [0.25, 0.3) is 0 Å². The number of carbonyl (C=O) groups excluding carboxylic acids is 1. The van der Waals surface area contributed by atoms with Crippen LogP contribution >= 0.6 is 11.8 Å². The molecule has 0 aliphatic heterocycles. The van der Waals surface area contributed by atoms with Gasteiger partial charge in [0.1, 0.15) is 5.75 Å². The molecule has 0 saturated carbocycles. The second-order valence-electron chi connectivity index (χ2n) is 4.27. The van der Waals surface area contributed by atoms with E-state index in [-0.39, 0.29) is 17.0 Å². The highest BCUT2D eigenvalue weighted by atomic mass is 32.2. The van der Waals surface area contributed by atoms with Crippen molar-refractivity contribution in [3.63, 3.8) is 0 Å². The fourth-order valence-electron chi connectivity index (χ4n) is 1.80. The highest BCUT2D eigenvalue weighted by Gasteiger charge is 2.18. The summed E-state index contributed by atoms with van der Waals surface area (Å²) in [5.41, 5.74) is -0.0416. The molecule has 0 aliphatic carbocycles. The monoisotopic (exact) mass is 303 g/mol. The number of carbonyl (C=O) groups is 1. The molecular formula is C15H13NO4S. The summed E-state index contributed by atoms with van der Waals surface area (Å²) < 4.78 is 5.08. The first-order valence-corrected chi connectivity index (χ1v) is 6.94. The van der Waals surface area contributed by atoms with E-state index < -0.39 is 4.92 Å². The molecule has 5 nitrogen and oxygen atoms in total. The van der Waals surface area contributed by atoms with E-state index in [1.54, 1.807) is 13.2 Å². The Morgan fingerprint density at radius 2 is 1.76 bits per heavy atom. The first-order valence-electron chi connectivity index (χ1n) is 6.12. The molecule has 0 saturated heterocycles. The Hall–Kier alpha value is -2.34. The fourth-order valence-corrected chi connectivity index (χ4v) is 2.65. The van der Waals surface area contributed by atoms with Gasteiger partial charge in [0.15, 0.2) is 5.78 Å². The minimum absolute atomic E-state index is 0.124. The van der Waals surface area contributed by atoms with Gasteiger partial charge in [-0.3, -0.25) is 14.9 Å². The van der Waals surface area contributed by atoms with Gasteiger partial charge in [0, 0.05) is 15.9 Å². The number of ether oxygens (including phenoxy) is 1. The van der Waals surface area contributed by atoms with Crippen molar-refractivity contribution in [3.8, 4) is 5.75 Å². The number of hydrogen-bond acceptors (Lipinski definition) is 5. The number of methoxy groups -OCH3 is 1. The summed E-state index contributed by atoms with van der Waals surface area (Å²) in [7, 11) is 1.59. The maximum atomic E-state index is 11.4. The van der Waals surface area contributed by atoms with E-state index in [0.717, 1.165) is 10.6 Å². The van der Waals surface area contributed by atoms with Gasteiger partial charge >= 0.3 is 0 Å². The molecule has 0 atom stereocenters. The Morgan fingerprint density at radius 3 is 2.29 bits per heavy atom. The molecule has 2 aromatic carbocycles. The van der Waals surface area contributed by atoms with Crippen molar-refractivity contribution in [1.82, 2.24) is 0 Å². The number of benzene rings is 2. The molecule has 0 N–H and O–H groups in total. The molecule has 0 heterocycles. The van der Waals surface area contributed by atoms with E-state index >= 15 is 0 Å². The van der Waals surface area contributed by atoms with Gasteiger partial charge in [0.05, 0.1) is 17.6 Å². The molecule has 108 valence electrons. The molecule has 0 unspecified atom stereocenters. The van der Waals surface area contributed by atoms with E-state index in [2.05, 4.69) is 0 Å². The van der Waals surface area contributed by atoms with Crippen molar-refractivity contribution in [2.75, 3.05) is 7.11 Å². The van der Waals surface area contributed by atoms with Gasteiger partial charge in [0.25, 0.3) is 5.69 Å². The fraction of sp³-hybridized carbons (Fsp3) is 0.133. The van der Waals surface area contributed by atoms with E-state index in [0.29, 0.717) is 4.90 Å². The summed E-state index contributed by atoms with van der Waals surface area (Å²) in [6.07, 6.45) is 0. The topological polar surface area (TPSA) is 69.4 Å². The lowest BCUT2D eigenvalue weighted by Gasteiger charge is -2.05. The van der Waals surface area contributed by atoms with E-state index in [1.807, 2.05) is 24.3 Å². The van der Waals surface area contributed by atoms with E-state index in [9.17, 15) is 14.9 Å². The smallest absolute Gasteiger partial charge is 0.281 e. The predicted octanol–water partition coefficient (Wildman–Crippen LogP) is 3.96. The average Bonchev–Trinajstić information content (AvgIpc) is 2.47. The Labute approximate surface area is 126 Å². The van der Waals surface area contributed by atoms with Crippen LogP contribution in [-0.2, 0) is 0 Å². The Kier molecular flexibility index (Phi) is 4.59. The zero-order valence-electron chi connectivity index (χ0n) is 11.5. The zero-order chi connectivity index (χ0) is 15.4. The normalized spacial score (nSPS) is 10.2. The highest BCUT2D eigenvalue weighted by Crippen LogP contribution is 2.32. The minimum atomic E-state index is -0.533. The summed E-state index contributed by atoms with van der Waals surface area (Å²) in [6, 6.07) is 12.0. The average molecular weight is 303 g/mol. The molecule has 6 heteroatoms. The Bertz CT molecular complexity index is 683. The Balaban J connectivity index is 2.29. The zero-order valence-corrected chi connectivity index (χ0v) is 12.3. The molecule has 0 amide bonds. The third-order valence-corrected chi connectivity index (χ3v) is 3.84. The van der Waals surface area contributed by atoms with Gasteiger partial charge in [-0.15, -0.1) is 0 Å². The largest absolute Gasteiger partial charge is 0.497 e. The number of Topliss-reactive ketones (excluding diaryl/α,β-unsaturated/α-hetero) is 1. The summed E-state index contributed by atoms with van der Waals surface area (Å²) in [6.45, 7) is 1.32. The lowest BCUT2D eigenvalue weighted by Crippen LogP contribution is -2.00. The molecule has 2 aromatic rings. The number of nitrogens with zero attached hydrogens (tertiary/aromatic N) is 1. The van der Waals surface area contributed by atoms with Gasteiger partial charge in [-0.1, -0.05) is 11.8 Å². The molecule has 0 bridgehead atoms. The van der Waals surface area contributed by atoms with Crippen LogP contribution in [0.4, 0.5) is 5.69 Å². The SMILES string of the molecule is COc1ccc(Sc2ccc(C(C)=O)c([N+](=O)[O-])c2)cc1. The van der Waals surface area contributed by atoms with Crippen LogP contribution in [0.15, 0.2) is 52.3 Å². The van der Waals surface area contributed by atoms with Gasteiger partial charge in [-0.2, -0.15) is 0 Å². The van der Waals surface area contributed by atoms with Crippen LogP contribution in [0.3, 0.4) is 0 Å². The molecule has 0 radical (unpaired) electrons. The first-order chi connectivity index (χ1) is 10.0. The van der Waals surface area contributed by atoms with Crippen molar-refractivity contribution >= 4 is 23.2 Å². The van der Waals surface area contributed by atoms with Crippen LogP contribution in [0.1, 0.15) is 17.3 Å². The lowest BCUT2D eigenvalue weighted by molar-refractivity contribution is -0.385. The van der Waals surface area contributed by atoms with Gasteiger partial charge in [0.2, 0.25) is 0 Å². The second-order valence-corrected chi connectivity index (χ2v) is 5.42. The minimum Gasteiger partial charge on any atom is -0.497 e. The van der Waals surface area contributed by atoms with Crippen molar-refractivity contribution in [2.24, 2.45) is 0 Å². The third-order valence-electron chi connectivity index (χ3n) is 2.84.